The lowest BCUT2D eigenvalue weighted by Gasteiger charge is -2.15. The van der Waals surface area contributed by atoms with Crippen molar-refractivity contribution in [1.29, 1.82) is 0 Å². The van der Waals surface area contributed by atoms with Crippen molar-refractivity contribution < 1.29 is 19.5 Å². The molecule has 0 atom stereocenters. The molecule has 0 fully saturated rings. The fraction of sp³-hybridized carbons (Fsp3) is 0. The lowest BCUT2D eigenvalue weighted by Crippen LogP contribution is -2.32. The van der Waals surface area contributed by atoms with E-state index in [1.807, 2.05) is 0 Å². The van der Waals surface area contributed by atoms with Crippen LogP contribution < -0.4 is 10.2 Å². The lowest BCUT2D eigenvalue weighted by atomic mass is 10.1. The first kappa shape index (κ1) is 17.0. The number of hydrogen-bond donors (Lipinski definition) is 2. The predicted molar refractivity (Wildman–Crippen MR) is 93.8 cm³/mol. The van der Waals surface area contributed by atoms with Crippen molar-refractivity contribution in [2.75, 3.05) is 10.2 Å². The van der Waals surface area contributed by atoms with E-state index in [1.165, 1.54) is 18.2 Å². The number of para-hydroxylation sites is 1. The maximum atomic E-state index is 12.6. The first-order valence-corrected chi connectivity index (χ1v) is 7.79. The molecular weight excluding hydrogens is 367 g/mol. The third-order valence-corrected chi connectivity index (χ3v) is 4.10. The summed E-state index contributed by atoms with van der Waals surface area (Å²) < 4.78 is 0. The molecule has 1 aliphatic rings. The molecule has 3 rings (SSSR count). The van der Waals surface area contributed by atoms with Crippen LogP contribution in [0.25, 0.3) is 0 Å². The quantitative estimate of drug-likeness (QED) is 0.797. The number of nitrogens with one attached hydrogen (secondary N) is 1. The highest BCUT2D eigenvalue weighted by molar-refractivity contribution is 6.53. The minimum Gasteiger partial charge on any atom is -0.478 e. The van der Waals surface area contributed by atoms with E-state index >= 15 is 0 Å². The van der Waals surface area contributed by atoms with Crippen LogP contribution in [0.3, 0.4) is 0 Å². The monoisotopic (exact) mass is 376 g/mol. The predicted octanol–water partition coefficient (Wildman–Crippen LogP) is 3.47. The number of nitrogens with zero attached hydrogens (tertiary/aromatic N) is 1. The number of rotatable bonds is 4. The van der Waals surface area contributed by atoms with E-state index in [0.717, 1.165) is 4.90 Å². The zero-order valence-electron chi connectivity index (χ0n) is 12.5. The molecule has 0 aromatic heterocycles. The number of imide groups is 1. The molecule has 0 bridgehead atoms. The molecule has 2 amide bonds. The Hall–Kier alpha value is -2.83. The molecule has 126 valence electrons. The molecule has 6 nitrogen and oxygen atoms in total. The molecular formula is C17H10Cl2N2O4. The van der Waals surface area contributed by atoms with Gasteiger partial charge in [0.05, 0.1) is 16.9 Å². The van der Waals surface area contributed by atoms with E-state index in [2.05, 4.69) is 5.32 Å². The second kappa shape index (κ2) is 6.58. The van der Waals surface area contributed by atoms with Crippen LogP contribution in [0.1, 0.15) is 10.4 Å². The van der Waals surface area contributed by atoms with Gasteiger partial charge in [-0.25, -0.2) is 9.69 Å². The summed E-state index contributed by atoms with van der Waals surface area (Å²) in [4.78, 5) is 37.2. The highest BCUT2D eigenvalue weighted by Gasteiger charge is 2.39. The van der Waals surface area contributed by atoms with Crippen LogP contribution in [0.2, 0.25) is 5.02 Å². The summed E-state index contributed by atoms with van der Waals surface area (Å²) in [5.74, 6) is -2.59. The van der Waals surface area contributed by atoms with Crippen molar-refractivity contribution in [2.45, 2.75) is 0 Å². The van der Waals surface area contributed by atoms with E-state index in [0.29, 0.717) is 5.02 Å². The number of anilines is 2. The van der Waals surface area contributed by atoms with Gasteiger partial charge in [-0.3, -0.25) is 9.59 Å². The van der Waals surface area contributed by atoms with Gasteiger partial charge in [0.2, 0.25) is 0 Å². The fourth-order valence-corrected chi connectivity index (χ4v) is 2.77. The molecule has 2 N–H and O–H groups in total. The van der Waals surface area contributed by atoms with Crippen molar-refractivity contribution in [3.63, 3.8) is 0 Å². The van der Waals surface area contributed by atoms with E-state index in [9.17, 15) is 19.5 Å². The first-order chi connectivity index (χ1) is 11.9. The van der Waals surface area contributed by atoms with Gasteiger partial charge < -0.3 is 10.4 Å². The van der Waals surface area contributed by atoms with Crippen LogP contribution in [0, 0.1) is 0 Å². The van der Waals surface area contributed by atoms with Gasteiger partial charge in [0.15, 0.2) is 0 Å². The van der Waals surface area contributed by atoms with Gasteiger partial charge in [0, 0.05) is 5.02 Å². The number of carboxylic acids is 1. The molecule has 0 spiro atoms. The molecule has 0 radical (unpaired) electrons. The zero-order valence-corrected chi connectivity index (χ0v) is 14.0. The summed E-state index contributed by atoms with van der Waals surface area (Å²) >= 11 is 11.9. The van der Waals surface area contributed by atoms with Gasteiger partial charge in [-0.1, -0.05) is 41.4 Å². The summed E-state index contributed by atoms with van der Waals surface area (Å²) in [5.41, 5.74) is 0.169. The fourth-order valence-electron chi connectivity index (χ4n) is 2.37. The third kappa shape index (κ3) is 3.09. The maximum absolute atomic E-state index is 12.6. The molecule has 2 aromatic rings. The molecule has 0 unspecified atom stereocenters. The van der Waals surface area contributed by atoms with E-state index in [1.54, 1.807) is 30.3 Å². The van der Waals surface area contributed by atoms with Gasteiger partial charge in [0.1, 0.15) is 10.7 Å². The maximum Gasteiger partial charge on any atom is 0.337 e. The molecule has 25 heavy (non-hydrogen) atoms. The Morgan fingerprint density at radius 3 is 2.40 bits per heavy atom. The smallest absolute Gasteiger partial charge is 0.337 e. The Balaban J connectivity index is 1.97. The van der Waals surface area contributed by atoms with Crippen LogP contribution >= 0.6 is 23.2 Å². The van der Waals surface area contributed by atoms with E-state index < -0.39 is 17.8 Å². The van der Waals surface area contributed by atoms with Crippen molar-refractivity contribution in [3.05, 3.63) is 69.8 Å². The summed E-state index contributed by atoms with van der Waals surface area (Å²) in [6.07, 6.45) is 0. The summed E-state index contributed by atoms with van der Waals surface area (Å²) in [6.45, 7) is 0. The van der Waals surface area contributed by atoms with Crippen LogP contribution in [0.15, 0.2) is 59.3 Å². The number of carbonyl (C=O) groups is 3. The van der Waals surface area contributed by atoms with Gasteiger partial charge in [-0.2, -0.15) is 0 Å². The molecule has 2 aromatic carbocycles. The molecule has 8 heteroatoms. The summed E-state index contributed by atoms with van der Waals surface area (Å²) in [5, 5.41) is 11.9. The van der Waals surface area contributed by atoms with E-state index in [4.69, 9.17) is 23.2 Å². The number of carbonyl (C=O) groups excluding carboxylic acids is 2. The Kier molecular flexibility index (Phi) is 4.48. The first-order valence-electron chi connectivity index (χ1n) is 7.03. The number of amides is 2. The molecule has 0 saturated heterocycles. The third-order valence-electron chi connectivity index (χ3n) is 3.51. The summed E-state index contributed by atoms with van der Waals surface area (Å²) in [7, 11) is 0. The number of halogens is 2. The second-order valence-electron chi connectivity index (χ2n) is 5.09. The number of hydrogen-bond acceptors (Lipinski definition) is 4. The normalized spacial score (nSPS) is 14.2. The second-order valence-corrected chi connectivity index (χ2v) is 5.90. The van der Waals surface area contributed by atoms with Gasteiger partial charge >= 0.3 is 5.97 Å². The van der Waals surface area contributed by atoms with E-state index in [-0.39, 0.29) is 27.7 Å². The van der Waals surface area contributed by atoms with Crippen molar-refractivity contribution in [2.24, 2.45) is 0 Å². The van der Waals surface area contributed by atoms with Crippen LogP contribution in [0.4, 0.5) is 11.4 Å². The number of benzene rings is 2. The highest BCUT2D eigenvalue weighted by Crippen LogP contribution is 2.31. The van der Waals surface area contributed by atoms with Crippen LogP contribution in [-0.4, -0.2) is 22.9 Å². The topological polar surface area (TPSA) is 86.7 Å². The molecule has 1 aliphatic heterocycles. The van der Waals surface area contributed by atoms with Gasteiger partial charge in [0.25, 0.3) is 11.8 Å². The van der Waals surface area contributed by atoms with Crippen molar-refractivity contribution >= 4 is 52.4 Å². The van der Waals surface area contributed by atoms with Crippen molar-refractivity contribution in [1.82, 2.24) is 0 Å². The van der Waals surface area contributed by atoms with Gasteiger partial charge in [-0.05, 0) is 30.3 Å². The Morgan fingerprint density at radius 2 is 1.72 bits per heavy atom. The van der Waals surface area contributed by atoms with Crippen molar-refractivity contribution in [3.8, 4) is 0 Å². The van der Waals surface area contributed by atoms with Crippen LogP contribution in [0.5, 0.6) is 0 Å². The average Bonchev–Trinajstić information content (AvgIpc) is 2.79. The minimum absolute atomic E-state index is 0.0547. The standard InChI is InChI=1S/C17H10Cl2N2O4/c18-9-4-3-5-10(8-9)21-15(22)13(19)14(16(21)23)20-12-7-2-1-6-11(12)17(24)25/h1-8,20H,(H,24,25). The average molecular weight is 377 g/mol. The number of aromatic carboxylic acids is 1. The molecule has 1 heterocycles. The SMILES string of the molecule is O=C(O)c1ccccc1NC1=C(Cl)C(=O)N(c2cccc(Cl)c2)C1=O. The zero-order chi connectivity index (χ0) is 18.1. The Labute approximate surface area is 152 Å². The van der Waals surface area contributed by atoms with Crippen LogP contribution in [-0.2, 0) is 9.59 Å². The minimum atomic E-state index is -1.18. The lowest BCUT2D eigenvalue weighted by molar-refractivity contribution is -0.120. The number of carboxylic acid groups (broad SMARTS) is 1. The Morgan fingerprint density at radius 1 is 1.00 bits per heavy atom. The molecule has 0 aliphatic carbocycles. The Bertz CT molecular complexity index is 940. The summed E-state index contributed by atoms with van der Waals surface area (Å²) in [6, 6.07) is 12.2. The highest BCUT2D eigenvalue weighted by atomic mass is 35.5. The van der Waals surface area contributed by atoms with Gasteiger partial charge in [-0.15, -0.1) is 0 Å². The largest absolute Gasteiger partial charge is 0.478 e. The molecule has 0 saturated carbocycles.